The van der Waals surface area contributed by atoms with Crippen LogP contribution in [0, 0.1) is 0 Å². The molecule has 0 heterocycles. The minimum Gasteiger partial charge on any atom is -0.497 e. The minimum absolute atomic E-state index is 0.356. The molecule has 2 aromatic carbocycles. The topological polar surface area (TPSA) is 86.2 Å². The third kappa shape index (κ3) is 4.81. The lowest BCUT2D eigenvalue weighted by Crippen LogP contribution is -2.17. The second-order valence-electron chi connectivity index (χ2n) is 4.91. The number of carbonyl (C=O) groups is 2. The molecular weight excluding hydrogens is 324 g/mol. The average Bonchev–Trinajstić information content (AvgIpc) is 2.67. The summed E-state index contributed by atoms with van der Waals surface area (Å²) >= 11 is 0. The lowest BCUT2D eigenvalue weighted by atomic mass is 10.1. The van der Waals surface area contributed by atoms with Crippen molar-refractivity contribution >= 4 is 18.1 Å². The van der Waals surface area contributed by atoms with E-state index in [0.717, 1.165) is 5.56 Å². The van der Waals surface area contributed by atoms with Gasteiger partial charge in [-0.1, -0.05) is 12.1 Å². The number of hydrogen-bond donors (Lipinski definition) is 1. The van der Waals surface area contributed by atoms with Crippen molar-refractivity contribution in [3.05, 3.63) is 59.2 Å². The Balaban J connectivity index is 2.04. The molecule has 0 unspecified atom stereocenters. The standard InChI is InChI=1S/C18H18N2O5/c1-23-15-8-14(9-16(10-15)24-2)17(21)20-19-11-12-4-6-13(7-5-12)18(22)25-3/h4-11H,1-3H3,(H,20,21)/b19-11+. The van der Waals surface area contributed by atoms with Crippen molar-refractivity contribution in [2.75, 3.05) is 21.3 Å². The number of ether oxygens (including phenoxy) is 3. The molecule has 0 aliphatic heterocycles. The maximum atomic E-state index is 12.2. The van der Waals surface area contributed by atoms with E-state index in [9.17, 15) is 9.59 Å². The largest absolute Gasteiger partial charge is 0.497 e. The van der Waals surface area contributed by atoms with Gasteiger partial charge >= 0.3 is 5.97 Å². The summed E-state index contributed by atoms with van der Waals surface area (Å²) in [6.07, 6.45) is 1.47. The number of hydrazone groups is 1. The van der Waals surface area contributed by atoms with Crippen LogP contribution in [0.1, 0.15) is 26.3 Å². The number of carbonyl (C=O) groups excluding carboxylic acids is 2. The molecular formula is C18H18N2O5. The molecule has 7 heteroatoms. The quantitative estimate of drug-likeness (QED) is 0.494. The fourth-order valence-corrected chi connectivity index (χ4v) is 1.99. The Labute approximate surface area is 145 Å². The summed E-state index contributed by atoms with van der Waals surface area (Å²) < 4.78 is 14.9. The summed E-state index contributed by atoms with van der Waals surface area (Å²) in [5.74, 6) is 0.196. The average molecular weight is 342 g/mol. The Bertz CT molecular complexity index is 762. The summed E-state index contributed by atoms with van der Waals surface area (Å²) in [4.78, 5) is 23.5. The van der Waals surface area contributed by atoms with Crippen LogP contribution in [0.4, 0.5) is 0 Å². The molecule has 0 spiro atoms. The number of nitrogens with one attached hydrogen (secondary N) is 1. The van der Waals surface area contributed by atoms with E-state index in [4.69, 9.17) is 9.47 Å². The molecule has 0 radical (unpaired) electrons. The van der Waals surface area contributed by atoms with Crippen LogP contribution in [0.15, 0.2) is 47.6 Å². The highest BCUT2D eigenvalue weighted by Crippen LogP contribution is 2.22. The Morgan fingerprint density at radius 3 is 2.04 bits per heavy atom. The fourth-order valence-electron chi connectivity index (χ4n) is 1.99. The van der Waals surface area contributed by atoms with Crippen molar-refractivity contribution in [1.29, 1.82) is 0 Å². The summed E-state index contributed by atoms with van der Waals surface area (Å²) in [5, 5.41) is 3.90. The van der Waals surface area contributed by atoms with Gasteiger partial charge in [0.2, 0.25) is 0 Å². The normalized spacial score (nSPS) is 10.4. The molecule has 0 atom stereocenters. The highest BCUT2D eigenvalue weighted by molar-refractivity contribution is 5.96. The first-order valence-electron chi connectivity index (χ1n) is 7.32. The Morgan fingerprint density at radius 1 is 0.920 bits per heavy atom. The molecule has 25 heavy (non-hydrogen) atoms. The van der Waals surface area contributed by atoms with Crippen LogP contribution in [-0.2, 0) is 4.74 Å². The van der Waals surface area contributed by atoms with Gasteiger partial charge in [-0.2, -0.15) is 5.10 Å². The molecule has 0 saturated heterocycles. The predicted molar refractivity (Wildman–Crippen MR) is 92.4 cm³/mol. The van der Waals surface area contributed by atoms with Gasteiger partial charge in [-0.15, -0.1) is 0 Å². The summed E-state index contributed by atoms with van der Waals surface area (Å²) in [6.45, 7) is 0. The van der Waals surface area contributed by atoms with Crippen LogP contribution in [0.25, 0.3) is 0 Å². The second kappa shape index (κ2) is 8.49. The number of amides is 1. The van der Waals surface area contributed by atoms with Gasteiger partial charge in [-0.25, -0.2) is 10.2 Å². The van der Waals surface area contributed by atoms with E-state index in [2.05, 4.69) is 15.3 Å². The first-order valence-corrected chi connectivity index (χ1v) is 7.32. The summed E-state index contributed by atoms with van der Waals surface area (Å²) in [5.41, 5.74) is 3.94. The smallest absolute Gasteiger partial charge is 0.337 e. The van der Waals surface area contributed by atoms with E-state index >= 15 is 0 Å². The van der Waals surface area contributed by atoms with Crippen molar-refractivity contribution in [2.24, 2.45) is 5.10 Å². The first kappa shape index (κ1) is 18.0. The number of benzene rings is 2. The van der Waals surface area contributed by atoms with Crippen molar-refractivity contribution in [3.63, 3.8) is 0 Å². The van der Waals surface area contributed by atoms with E-state index in [1.807, 2.05) is 0 Å². The van der Waals surface area contributed by atoms with Gasteiger partial charge in [0.05, 0.1) is 33.1 Å². The van der Waals surface area contributed by atoms with Crippen molar-refractivity contribution < 1.29 is 23.8 Å². The molecule has 7 nitrogen and oxygen atoms in total. The van der Waals surface area contributed by atoms with Crippen molar-refractivity contribution in [3.8, 4) is 11.5 Å². The lowest BCUT2D eigenvalue weighted by Gasteiger charge is -2.07. The van der Waals surface area contributed by atoms with Crippen LogP contribution in [0.5, 0.6) is 11.5 Å². The number of nitrogens with zero attached hydrogens (tertiary/aromatic N) is 1. The fraction of sp³-hybridized carbons (Fsp3) is 0.167. The van der Waals surface area contributed by atoms with Crippen LogP contribution in [0.3, 0.4) is 0 Å². The number of esters is 1. The maximum Gasteiger partial charge on any atom is 0.337 e. The van der Waals surface area contributed by atoms with Crippen molar-refractivity contribution in [1.82, 2.24) is 5.43 Å². The highest BCUT2D eigenvalue weighted by atomic mass is 16.5. The van der Waals surface area contributed by atoms with E-state index in [1.165, 1.54) is 27.5 Å². The zero-order valence-electron chi connectivity index (χ0n) is 14.1. The molecule has 0 bridgehead atoms. The van der Waals surface area contributed by atoms with E-state index in [-0.39, 0.29) is 0 Å². The Morgan fingerprint density at radius 2 is 1.52 bits per heavy atom. The van der Waals surface area contributed by atoms with Gasteiger partial charge < -0.3 is 14.2 Å². The molecule has 130 valence electrons. The third-order valence-electron chi connectivity index (χ3n) is 3.33. The molecule has 0 fully saturated rings. The Kier molecular flexibility index (Phi) is 6.11. The molecule has 0 aliphatic carbocycles. The summed E-state index contributed by atoms with van der Waals surface area (Å²) in [7, 11) is 4.33. The second-order valence-corrected chi connectivity index (χ2v) is 4.91. The van der Waals surface area contributed by atoms with Gasteiger partial charge in [-0.05, 0) is 29.8 Å². The number of methoxy groups -OCH3 is 3. The van der Waals surface area contributed by atoms with Crippen LogP contribution in [0.2, 0.25) is 0 Å². The zero-order valence-corrected chi connectivity index (χ0v) is 14.1. The first-order chi connectivity index (χ1) is 12.1. The van der Waals surface area contributed by atoms with Gasteiger partial charge in [0, 0.05) is 11.6 Å². The van der Waals surface area contributed by atoms with Crippen LogP contribution < -0.4 is 14.9 Å². The minimum atomic E-state index is -0.413. The van der Waals surface area contributed by atoms with Gasteiger partial charge in [0.1, 0.15) is 11.5 Å². The van der Waals surface area contributed by atoms with Gasteiger partial charge in [-0.3, -0.25) is 4.79 Å². The van der Waals surface area contributed by atoms with E-state index in [0.29, 0.717) is 22.6 Å². The van der Waals surface area contributed by atoms with Crippen molar-refractivity contribution in [2.45, 2.75) is 0 Å². The number of hydrogen-bond acceptors (Lipinski definition) is 6. The summed E-state index contributed by atoms with van der Waals surface area (Å²) in [6, 6.07) is 11.4. The molecule has 0 aromatic heterocycles. The van der Waals surface area contributed by atoms with Crippen LogP contribution in [-0.4, -0.2) is 39.4 Å². The molecule has 0 aliphatic rings. The zero-order chi connectivity index (χ0) is 18.2. The lowest BCUT2D eigenvalue weighted by molar-refractivity contribution is 0.0600. The molecule has 1 amide bonds. The number of rotatable bonds is 6. The van der Waals surface area contributed by atoms with Gasteiger partial charge in [0.15, 0.2) is 0 Å². The molecule has 0 saturated carbocycles. The molecule has 1 N–H and O–H groups in total. The predicted octanol–water partition coefficient (Wildman–Crippen LogP) is 2.25. The van der Waals surface area contributed by atoms with Gasteiger partial charge in [0.25, 0.3) is 5.91 Å². The molecule has 2 aromatic rings. The van der Waals surface area contributed by atoms with E-state index in [1.54, 1.807) is 42.5 Å². The van der Waals surface area contributed by atoms with Crippen LogP contribution >= 0.6 is 0 Å². The Hall–Kier alpha value is -3.35. The monoisotopic (exact) mass is 342 g/mol. The highest BCUT2D eigenvalue weighted by Gasteiger charge is 2.09. The third-order valence-corrected chi connectivity index (χ3v) is 3.33. The van der Waals surface area contributed by atoms with E-state index < -0.39 is 11.9 Å². The molecule has 2 rings (SSSR count). The maximum absolute atomic E-state index is 12.2. The SMILES string of the molecule is COC(=O)c1ccc(/C=N/NC(=O)c2cc(OC)cc(OC)c2)cc1.